The Morgan fingerprint density at radius 3 is 2.84 bits per heavy atom. The second-order valence-electron chi connectivity index (χ2n) is 9.78. The fourth-order valence-corrected chi connectivity index (χ4v) is 5.18. The normalized spacial score (nSPS) is 23.5. The number of hydrogen-bond acceptors (Lipinski definition) is 4. The summed E-state index contributed by atoms with van der Waals surface area (Å²) >= 11 is 0. The zero-order valence-corrected chi connectivity index (χ0v) is 18.5. The van der Waals surface area contributed by atoms with Crippen LogP contribution in [0.3, 0.4) is 0 Å². The quantitative estimate of drug-likeness (QED) is 0.647. The lowest BCUT2D eigenvalue weighted by atomic mass is 9.78. The standard InChI is InChI=1S/C25H35N3O3/c29-24(8-7-23-26-21-3-1-2-4-22(21)27-23)28-13-11-25(12-14-28)17-19(10-16-31-25)9-15-30-18-20-5-6-20/h1-4,19-20H,5-18H2,(H,26,27). The Hall–Kier alpha value is -1.92. The zero-order valence-electron chi connectivity index (χ0n) is 18.5. The molecule has 0 radical (unpaired) electrons. The van der Waals surface area contributed by atoms with Crippen LogP contribution in [0, 0.1) is 11.8 Å². The van der Waals surface area contributed by atoms with Crippen molar-refractivity contribution >= 4 is 16.9 Å². The second-order valence-corrected chi connectivity index (χ2v) is 9.78. The van der Waals surface area contributed by atoms with Gasteiger partial charge in [-0.05, 0) is 68.9 Å². The number of fused-ring (bicyclic) bond motifs is 1. The van der Waals surface area contributed by atoms with E-state index in [1.54, 1.807) is 0 Å². The van der Waals surface area contributed by atoms with Crippen LogP contribution < -0.4 is 0 Å². The summed E-state index contributed by atoms with van der Waals surface area (Å²) in [7, 11) is 0. The number of carbonyl (C=O) groups is 1. The van der Waals surface area contributed by atoms with Gasteiger partial charge < -0.3 is 19.4 Å². The summed E-state index contributed by atoms with van der Waals surface area (Å²) in [6.45, 7) is 4.32. The Kier molecular flexibility index (Phi) is 6.28. The van der Waals surface area contributed by atoms with E-state index in [1.807, 2.05) is 29.2 Å². The molecule has 6 nitrogen and oxygen atoms in total. The molecule has 2 aromatic rings. The highest BCUT2D eigenvalue weighted by Crippen LogP contribution is 2.39. The van der Waals surface area contributed by atoms with Gasteiger partial charge >= 0.3 is 0 Å². The summed E-state index contributed by atoms with van der Waals surface area (Å²) in [6, 6.07) is 8.01. The van der Waals surface area contributed by atoms with Crippen molar-refractivity contribution < 1.29 is 14.3 Å². The summed E-state index contributed by atoms with van der Waals surface area (Å²) in [5.74, 6) is 2.67. The first-order valence-electron chi connectivity index (χ1n) is 12.1. The van der Waals surface area contributed by atoms with Crippen molar-refractivity contribution in [1.29, 1.82) is 0 Å². The molecule has 1 aliphatic carbocycles. The third-order valence-electron chi connectivity index (χ3n) is 7.36. The number of benzene rings is 1. The topological polar surface area (TPSA) is 67.5 Å². The van der Waals surface area contributed by atoms with Gasteiger partial charge in [-0.15, -0.1) is 0 Å². The summed E-state index contributed by atoms with van der Waals surface area (Å²) in [6.07, 6.45) is 9.23. The van der Waals surface area contributed by atoms with Crippen molar-refractivity contribution in [3.8, 4) is 0 Å². The van der Waals surface area contributed by atoms with Gasteiger partial charge in [0.05, 0.1) is 16.6 Å². The first-order valence-corrected chi connectivity index (χ1v) is 12.1. The SMILES string of the molecule is O=C(CCc1nc2ccccc2[nH]1)N1CCC2(CC1)CC(CCOCC1CC1)CCO2. The predicted molar refractivity (Wildman–Crippen MR) is 120 cm³/mol. The minimum atomic E-state index is -0.0189. The van der Waals surface area contributed by atoms with E-state index in [2.05, 4.69) is 9.97 Å². The number of piperidine rings is 1. The van der Waals surface area contributed by atoms with Gasteiger partial charge in [-0.25, -0.2) is 4.98 Å². The number of aromatic amines is 1. The van der Waals surface area contributed by atoms with Crippen LogP contribution in [-0.4, -0.2) is 59.3 Å². The Morgan fingerprint density at radius 1 is 1.19 bits per heavy atom. The van der Waals surface area contributed by atoms with Crippen LogP contribution in [0.5, 0.6) is 0 Å². The number of nitrogens with one attached hydrogen (secondary N) is 1. The number of aryl methyl sites for hydroxylation is 1. The number of nitrogens with zero attached hydrogens (tertiary/aromatic N) is 2. The molecule has 2 aliphatic heterocycles. The number of carbonyl (C=O) groups excluding carboxylic acids is 1. The number of aromatic nitrogens is 2. The van der Waals surface area contributed by atoms with E-state index in [-0.39, 0.29) is 11.5 Å². The monoisotopic (exact) mass is 425 g/mol. The van der Waals surface area contributed by atoms with Gasteiger partial charge in [0.15, 0.2) is 0 Å². The Labute approximate surface area is 184 Å². The lowest BCUT2D eigenvalue weighted by Crippen LogP contribution is -2.50. The fraction of sp³-hybridized carbons (Fsp3) is 0.680. The van der Waals surface area contributed by atoms with Crippen molar-refractivity contribution in [1.82, 2.24) is 14.9 Å². The van der Waals surface area contributed by atoms with Crippen LogP contribution in [0.25, 0.3) is 11.0 Å². The molecule has 3 fully saturated rings. The Bertz CT molecular complexity index is 850. The molecule has 0 bridgehead atoms. The smallest absolute Gasteiger partial charge is 0.223 e. The zero-order chi connectivity index (χ0) is 21.1. The van der Waals surface area contributed by atoms with Crippen LogP contribution in [0.1, 0.15) is 57.2 Å². The fourth-order valence-electron chi connectivity index (χ4n) is 5.18. The summed E-state index contributed by atoms with van der Waals surface area (Å²) in [4.78, 5) is 22.7. The molecule has 6 heteroatoms. The lowest BCUT2D eigenvalue weighted by molar-refractivity contribution is -0.148. The maximum Gasteiger partial charge on any atom is 0.223 e. The molecule has 1 aromatic heterocycles. The second kappa shape index (κ2) is 9.29. The molecule has 1 amide bonds. The van der Waals surface area contributed by atoms with E-state index in [0.29, 0.717) is 18.8 Å². The van der Waals surface area contributed by atoms with Crippen LogP contribution in [0.2, 0.25) is 0 Å². The number of para-hydroxylation sites is 2. The van der Waals surface area contributed by atoms with Gasteiger partial charge in [0.25, 0.3) is 0 Å². The molecule has 3 heterocycles. The molecule has 2 saturated heterocycles. The van der Waals surface area contributed by atoms with E-state index >= 15 is 0 Å². The van der Waals surface area contributed by atoms with Gasteiger partial charge in [-0.1, -0.05) is 12.1 Å². The maximum absolute atomic E-state index is 12.8. The number of likely N-dealkylation sites (tertiary alicyclic amines) is 1. The molecule has 5 rings (SSSR count). The summed E-state index contributed by atoms with van der Waals surface area (Å²) in [5.41, 5.74) is 1.98. The van der Waals surface area contributed by atoms with Crippen LogP contribution >= 0.6 is 0 Å². The molecule has 168 valence electrons. The van der Waals surface area contributed by atoms with Crippen LogP contribution in [0.4, 0.5) is 0 Å². The van der Waals surface area contributed by atoms with Gasteiger partial charge in [0.2, 0.25) is 5.91 Å². The highest BCUT2D eigenvalue weighted by atomic mass is 16.5. The summed E-state index contributed by atoms with van der Waals surface area (Å²) < 4.78 is 12.2. The predicted octanol–water partition coefficient (Wildman–Crippen LogP) is 4.10. The van der Waals surface area contributed by atoms with Gasteiger partial charge in [-0.2, -0.15) is 0 Å². The van der Waals surface area contributed by atoms with Gasteiger partial charge in [-0.3, -0.25) is 4.79 Å². The minimum absolute atomic E-state index is 0.0189. The maximum atomic E-state index is 12.8. The molecule has 3 aliphatic rings. The molecule has 1 atom stereocenters. The van der Waals surface area contributed by atoms with E-state index in [9.17, 15) is 4.79 Å². The average Bonchev–Trinajstić information content (AvgIpc) is 3.52. The minimum Gasteiger partial charge on any atom is -0.381 e. The highest BCUT2D eigenvalue weighted by Gasteiger charge is 2.40. The largest absolute Gasteiger partial charge is 0.381 e. The number of ether oxygens (including phenoxy) is 2. The first-order chi connectivity index (χ1) is 15.2. The van der Waals surface area contributed by atoms with Crippen molar-refractivity contribution in [2.75, 3.05) is 32.9 Å². The highest BCUT2D eigenvalue weighted by molar-refractivity contribution is 5.77. The Morgan fingerprint density at radius 2 is 2.03 bits per heavy atom. The lowest BCUT2D eigenvalue weighted by Gasteiger charge is -2.46. The third-order valence-corrected chi connectivity index (χ3v) is 7.36. The molecular weight excluding hydrogens is 390 g/mol. The number of H-pyrrole nitrogens is 1. The molecule has 31 heavy (non-hydrogen) atoms. The van der Waals surface area contributed by atoms with Gasteiger partial charge in [0, 0.05) is 45.8 Å². The Balaban J connectivity index is 1.06. The first kappa shape index (κ1) is 21.0. The third kappa shape index (κ3) is 5.29. The van der Waals surface area contributed by atoms with E-state index in [4.69, 9.17) is 9.47 Å². The molecule has 1 spiro atoms. The molecule has 1 aromatic carbocycles. The number of rotatable bonds is 8. The molecule has 1 saturated carbocycles. The number of imidazole rings is 1. The van der Waals surface area contributed by atoms with E-state index in [0.717, 1.165) is 87.8 Å². The molecule has 1 unspecified atom stereocenters. The van der Waals surface area contributed by atoms with Crippen molar-refractivity contribution in [2.24, 2.45) is 11.8 Å². The number of amides is 1. The van der Waals surface area contributed by atoms with Crippen molar-refractivity contribution in [2.45, 2.75) is 63.4 Å². The van der Waals surface area contributed by atoms with Gasteiger partial charge in [0.1, 0.15) is 5.82 Å². The summed E-state index contributed by atoms with van der Waals surface area (Å²) in [5, 5.41) is 0. The van der Waals surface area contributed by atoms with E-state index < -0.39 is 0 Å². The van der Waals surface area contributed by atoms with Crippen LogP contribution in [-0.2, 0) is 20.7 Å². The van der Waals surface area contributed by atoms with E-state index in [1.165, 1.54) is 12.8 Å². The van der Waals surface area contributed by atoms with Crippen molar-refractivity contribution in [3.63, 3.8) is 0 Å². The number of hydrogen-bond donors (Lipinski definition) is 1. The molecule has 1 N–H and O–H groups in total. The van der Waals surface area contributed by atoms with Crippen molar-refractivity contribution in [3.05, 3.63) is 30.1 Å². The van der Waals surface area contributed by atoms with Crippen LogP contribution in [0.15, 0.2) is 24.3 Å². The average molecular weight is 426 g/mol. The molecular formula is C25H35N3O3.